The lowest BCUT2D eigenvalue weighted by atomic mass is 9.72. The normalized spacial score (nSPS) is 16.9. The number of aromatic nitrogens is 2. The second-order valence-corrected chi connectivity index (χ2v) is 8.41. The van der Waals surface area contributed by atoms with E-state index in [2.05, 4.69) is 15.3 Å². The fraction of sp³-hybridized carbons (Fsp3) is 0.143. The van der Waals surface area contributed by atoms with E-state index in [1.807, 2.05) is 77.7 Å². The van der Waals surface area contributed by atoms with Gasteiger partial charge in [-0.3, -0.25) is 24.5 Å². The Morgan fingerprint density at radius 1 is 0.882 bits per heavy atom. The summed E-state index contributed by atoms with van der Waals surface area (Å²) in [5, 5.41) is 2.62. The molecule has 2 amide bonds. The molecule has 1 unspecified atom stereocenters. The number of hydrogen-bond acceptors (Lipinski definition) is 4. The van der Waals surface area contributed by atoms with Crippen LogP contribution in [0.25, 0.3) is 0 Å². The third-order valence-electron chi connectivity index (χ3n) is 6.33. The van der Waals surface area contributed by atoms with Gasteiger partial charge in [0.25, 0.3) is 5.91 Å². The van der Waals surface area contributed by atoms with Crippen LogP contribution in [-0.2, 0) is 23.1 Å². The summed E-state index contributed by atoms with van der Waals surface area (Å²) >= 11 is 0. The second-order valence-electron chi connectivity index (χ2n) is 8.41. The molecule has 3 heterocycles. The first-order valence-electron chi connectivity index (χ1n) is 11.2. The van der Waals surface area contributed by atoms with Crippen molar-refractivity contribution < 1.29 is 9.59 Å². The van der Waals surface area contributed by atoms with Gasteiger partial charge in [-0.25, -0.2) is 0 Å². The first-order chi connectivity index (χ1) is 16.6. The fourth-order valence-electron chi connectivity index (χ4n) is 4.78. The van der Waals surface area contributed by atoms with Gasteiger partial charge in [0.05, 0.1) is 11.1 Å². The summed E-state index contributed by atoms with van der Waals surface area (Å²) < 4.78 is 0. The van der Waals surface area contributed by atoms with Crippen LogP contribution in [0.1, 0.15) is 27.2 Å². The van der Waals surface area contributed by atoms with E-state index in [0.717, 1.165) is 28.1 Å². The number of amides is 2. The molecular weight excluding hydrogens is 424 g/mol. The van der Waals surface area contributed by atoms with Crippen molar-refractivity contribution in [3.05, 3.63) is 120 Å². The van der Waals surface area contributed by atoms with Gasteiger partial charge >= 0.3 is 0 Å². The lowest BCUT2D eigenvalue weighted by Crippen LogP contribution is -2.42. The standard InChI is InChI=1S/C28H24N4O2/c1-29-26(33)24-17-21(13-16-31-24)19-28(18-20-11-14-30-15-12-20)23-9-5-6-10-25(23)32(27(28)34)22-7-3-2-4-8-22/h2-17H,18-19H2,1H3,(H,29,33). The highest BCUT2D eigenvalue weighted by Crippen LogP contribution is 2.48. The molecule has 0 bridgehead atoms. The zero-order valence-corrected chi connectivity index (χ0v) is 18.8. The van der Waals surface area contributed by atoms with Crippen molar-refractivity contribution in [3.8, 4) is 0 Å². The van der Waals surface area contributed by atoms with Crippen molar-refractivity contribution >= 4 is 23.2 Å². The summed E-state index contributed by atoms with van der Waals surface area (Å²) in [4.78, 5) is 36.8. The third kappa shape index (κ3) is 3.73. The Kier molecular flexibility index (Phi) is 5.64. The number of para-hydroxylation sites is 2. The van der Waals surface area contributed by atoms with Gasteiger partial charge in [0.2, 0.25) is 5.91 Å². The van der Waals surface area contributed by atoms with E-state index in [-0.39, 0.29) is 11.8 Å². The highest BCUT2D eigenvalue weighted by molar-refractivity contribution is 6.13. The van der Waals surface area contributed by atoms with Gasteiger partial charge in [0.15, 0.2) is 0 Å². The first kappa shape index (κ1) is 21.5. The molecule has 34 heavy (non-hydrogen) atoms. The summed E-state index contributed by atoms with van der Waals surface area (Å²) in [7, 11) is 1.58. The molecule has 6 heteroatoms. The van der Waals surface area contributed by atoms with Gasteiger partial charge in [-0.05, 0) is 72.0 Å². The van der Waals surface area contributed by atoms with Crippen LogP contribution in [0.15, 0.2) is 97.5 Å². The maximum Gasteiger partial charge on any atom is 0.269 e. The minimum Gasteiger partial charge on any atom is -0.354 e. The molecular formula is C28H24N4O2. The number of carbonyl (C=O) groups excluding carboxylic acids is 2. The van der Waals surface area contributed by atoms with Crippen LogP contribution in [0.4, 0.5) is 11.4 Å². The average molecular weight is 449 g/mol. The molecule has 1 N–H and O–H groups in total. The van der Waals surface area contributed by atoms with E-state index < -0.39 is 5.41 Å². The Labute approximate surface area is 198 Å². The summed E-state index contributed by atoms with van der Waals surface area (Å²) in [5.74, 6) is -0.246. The van der Waals surface area contributed by atoms with Gasteiger partial charge in [-0.1, -0.05) is 36.4 Å². The molecule has 1 aliphatic heterocycles. The number of pyridine rings is 2. The molecule has 0 spiro atoms. The number of nitrogens with zero attached hydrogens (tertiary/aromatic N) is 3. The van der Waals surface area contributed by atoms with Crippen molar-refractivity contribution in [2.45, 2.75) is 18.3 Å². The van der Waals surface area contributed by atoms with E-state index in [4.69, 9.17) is 0 Å². The number of fused-ring (bicyclic) bond motifs is 1. The van der Waals surface area contributed by atoms with E-state index >= 15 is 0 Å². The van der Waals surface area contributed by atoms with Gasteiger partial charge in [0, 0.05) is 31.3 Å². The average Bonchev–Trinajstić information content (AvgIpc) is 3.12. The quantitative estimate of drug-likeness (QED) is 0.479. The molecule has 4 aromatic rings. The maximum absolute atomic E-state index is 14.4. The van der Waals surface area contributed by atoms with Gasteiger partial charge in [-0.2, -0.15) is 0 Å². The SMILES string of the molecule is CNC(=O)c1cc(CC2(Cc3ccncc3)C(=O)N(c3ccccc3)c3ccccc32)ccn1. The maximum atomic E-state index is 14.4. The van der Waals surface area contributed by atoms with Crippen LogP contribution in [0, 0.1) is 0 Å². The molecule has 0 saturated carbocycles. The number of benzene rings is 2. The predicted octanol–water partition coefficient (Wildman–Crippen LogP) is 4.24. The number of nitrogens with one attached hydrogen (secondary N) is 1. The second kappa shape index (κ2) is 8.90. The molecule has 1 aliphatic rings. The van der Waals surface area contributed by atoms with E-state index in [1.165, 1.54) is 0 Å². The number of carbonyl (C=O) groups is 2. The minimum atomic E-state index is -0.852. The molecule has 6 nitrogen and oxygen atoms in total. The topological polar surface area (TPSA) is 75.2 Å². The number of anilines is 2. The highest BCUT2D eigenvalue weighted by atomic mass is 16.2. The van der Waals surface area contributed by atoms with Crippen LogP contribution in [-0.4, -0.2) is 28.8 Å². The van der Waals surface area contributed by atoms with E-state index in [1.54, 1.807) is 31.7 Å². The van der Waals surface area contributed by atoms with Crippen molar-refractivity contribution in [2.24, 2.45) is 0 Å². The van der Waals surface area contributed by atoms with Crippen LogP contribution < -0.4 is 10.2 Å². The molecule has 0 aliphatic carbocycles. The fourth-order valence-corrected chi connectivity index (χ4v) is 4.78. The third-order valence-corrected chi connectivity index (χ3v) is 6.33. The number of rotatable bonds is 6. The highest BCUT2D eigenvalue weighted by Gasteiger charge is 2.51. The summed E-state index contributed by atoms with van der Waals surface area (Å²) in [5.41, 5.74) is 4.06. The molecule has 5 rings (SSSR count). The zero-order valence-electron chi connectivity index (χ0n) is 18.8. The van der Waals surface area contributed by atoms with Gasteiger partial charge in [-0.15, -0.1) is 0 Å². The molecule has 168 valence electrons. The van der Waals surface area contributed by atoms with Crippen molar-refractivity contribution in [2.75, 3.05) is 11.9 Å². The lowest BCUT2D eigenvalue weighted by Gasteiger charge is -2.29. The molecule has 2 aromatic heterocycles. The Hall–Kier alpha value is -4.32. The van der Waals surface area contributed by atoms with Crippen molar-refractivity contribution in [1.82, 2.24) is 15.3 Å². The largest absolute Gasteiger partial charge is 0.354 e. The molecule has 2 aromatic carbocycles. The zero-order chi connectivity index (χ0) is 23.5. The summed E-state index contributed by atoms with van der Waals surface area (Å²) in [6, 6.07) is 25.2. The van der Waals surface area contributed by atoms with Crippen LogP contribution >= 0.6 is 0 Å². The molecule has 1 atom stereocenters. The summed E-state index contributed by atoms with van der Waals surface area (Å²) in [6.07, 6.45) is 6.06. The predicted molar refractivity (Wildman–Crippen MR) is 131 cm³/mol. The Bertz CT molecular complexity index is 1340. The summed E-state index contributed by atoms with van der Waals surface area (Å²) in [6.45, 7) is 0. The van der Waals surface area contributed by atoms with Crippen LogP contribution in [0.3, 0.4) is 0 Å². The van der Waals surface area contributed by atoms with Crippen LogP contribution in [0.5, 0.6) is 0 Å². The van der Waals surface area contributed by atoms with Gasteiger partial charge < -0.3 is 5.32 Å². The van der Waals surface area contributed by atoms with Crippen molar-refractivity contribution in [1.29, 1.82) is 0 Å². The first-order valence-corrected chi connectivity index (χ1v) is 11.2. The van der Waals surface area contributed by atoms with E-state index in [0.29, 0.717) is 18.5 Å². The smallest absolute Gasteiger partial charge is 0.269 e. The molecule has 0 saturated heterocycles. The van der Waals surface area contributed by atoms with Gasteiger partial charge in [0.1, 0.15) is 5.69 Å². The van der Waals surface area contributed by atoms with E-state index in [9.17, 15) is 9.59 Å². The van der Waals surface area contributed by atoms with Crippen LogP contribution in [0.2, 0.25) is 0 Å². The Morgan fingerprint density at radius 2 is 1.56 bits per heavy atom. The molecule has 0 radical (unpaired) electrons. The Morgan fingerprint density at radius 3 is 2.32 bits per heavy atom. The lowest BCUT2D eigenvalue weighted by molar-refractivity contribution is -0.122. The monoisotopic (exact) mass is 448 g/mol. The molecule has 0 fully saturated rings. The number of hydrogen-bond donors (Lipinski definition) is 1. The van der Waals surface area contributed by atoms with Crippen molar-refractivity contribution in [3.63, 3.8) is 0 Å². The minimum absolute atomic E-state index is 0.00928. The Balaban J connectivity index is 1.67.